The van der Waals surface area contributed by atoms with Gasteiger partial charge in [0.2, 0.25) is 0 Å². The predicted molar refractivity (Wildman–Crippen MR) is 86.7 cm³/mol. The van der Waals surface area contributed by atoms with Crippen molar-refractivity contribution in [2.24, 2.45) is 0 Å². The summed E-state index contributed by atoms with van der Waals surface area (Å²) in [6, 6.07) is 10.9. The minimum absolute atomic E-state index is 0.736. The largest absolute Gasteiger partial charge is 0.494 e. The van der Waals surface area contributed by atoms with Gasteiger partial charge in [-0.3, -0.25) is 4.90 Å². The van der Waals surface area contributed by atoms with Crippen molar-refractivity contribution >= 4 is 0 Å². The molecular weight excluding hydrogens is 260 g/mol. The van der Waals surface area contributed by atoms with Gasteiger partial charge in [-0.2, -0.15) is 0 Å². The average molecular weight is 288 g/mol. The van der Waals surface area contributed by atoms with Crippen molar-refractivity contribution in [3.8, 4) is 5.75 Å². The van der Waals surface area contributed by atoms with Crippen molar-refractivity contribution in [3.63, 3.8) is 0 Å². The smallest absolute Gasteiger partial charge is 0.119 e. The van der Waals surface area contributed by atoms with Gasteiger partial charge in [-0.25, -0.2) is 0 Å². The van der Waals surface area contributed by atoms with Crippen LogP contribution in [0.2, 0.25) is 0 Å². The van der Waals surface area contributed by atoms with Crippen molar-refractivity contribution < 1.29 is 4.74 Å². The highest BCUT2D eigenvalue weighted by atomic mass is 16.5. The molecule has 2 atom stereocenters. The summed E-state index contributed by atoms with van der Waals surface area (Å²) in [4.78, 5) is 2.54. The van der Waals surface area contributed by atoms with Crippen LogP contribution < -0.4 is 10.1 Å². The number of fused-ring (bicyclic) bond motifs is 2. The molecule has 1 N–H and O–H groups in total. The molecule has 2 aliphatic rings. The van der Waals surface area contributed by atoms with Gasteiger partial charge < -0.3 is 10.1 Å². The van der Waals surface area contributed by atoms with Crippen molar-refractivity contribution in [3.05, 3.63) is 29.8 Å². The van der Waals surface area contributed by atoms with E-state index in [1.54, 1.807) is 0 Å². The summed E-state index contributed by atoms with van der Waals surface area (Å²) in [5.74, 6) is 0.989. The number of nitrogens with zero attached hydrogens (tertiary/aromatic N) is 1. The van der Waals surface area contributed by atoms with E-state index in [1.807, 2.05) is 0 Å². The van der Waals surface area contributed by atoms with E-state index in [0.29, 0.717) is 0 Å². The highest BCUT2D eigenvalue weighted by Crippen LogP contribution is 2.29. The second-order valence-electron chi connectivity index (χ2n) is 6.67. The Morgan fingerprint density at radius 3 is 2.43 bits per heavy atom. The lowest BCUT2D eigenvalue weighted by molar-refractivity contribution is 0.166. The molecule has 3 rings (SSSR count). The van der Waals surface area contributed by atoms with E-state index in [9.17, 15) is 0 Å². The van der Waals surface area contributed by atoms with Gasteiger partial charge >= 0.3 is 0 Å². The van der Waals surface area contributed by atoms with Crippen molar-refractivity contribution in [2.75, 3.05) is 13.7 Å². The minimum Gasteiger partial charge on any atom is -0.494 e. The third-order valence-electron chi connectivity index (χ3n) is 4.90. The zero-order chi connectivity index (χ0) is 14.7. The van der Waals surface area contributed by atoms with Crippen LogP contribution in [0.4, 0.5) is 0 Å². The zero-order valence-electron chi connectivity index (χ0n) is 13.3. The third-order valence-corrected chi connectivity index (χ3v) is 4.90. The number of hydrogen-bond donors (Lipinski definition) is 1. The molecule has 21 heavy (non-hydrogen) atoms. The van der Waals surface area contributed by atoms with Crippen molar-refractivity contribution in [2.45, 2.75) is 63.7 Å². The fourth-order valence-electron chi connectivity index (χ4n) is 3.72. The molecule has 0 aromatic heterocycles. The van der Waals surface area contributed by atoms with E-state index in [0.717, 1.165) is 43.4 Å². The van der Waals surface area contributed by atoms with E-state index in [1.165, 1.54) is 31.2 Å². The fourth-order valence-corrected chi connectivity index (χ4v) is 3.72. The Kier molecular flexibility index (Phi) is 4.81. The Labute approximate surface area is 128 Å². The van der Waals surface area contributed by atoms with Crippen molar-refractivity contribution in [1.82, 2.24) is 10.2 Å². The Morgan fingerprint density at radius 2 is 1.81 bits per heavy atom. The summed E-state index contributed by atoms with van der Waals surface area (Å²) >= 11 is 0. The molecule has 3 heteroatoms. The maximum atomic E-state index is 5.65. The first-order valence-corrected chi connectivity index (χ1v) is 8.42. The van der Waals surface area contributed by atoms with Gasteiger partial charge in [0, 0.05) is 24.7 Å². The fraction of sp³-hybridized carbons (Fsp3) is 0.667. The number of benzene rings is 1. The van der Waals surface area contributed by atoms with Crippen LogP contribution >= 0.6 is 0 Å². The quantitative estimate of drug-likeness (QED) is 0.870. The first-order chi connectivity index (χ1) is 10.2. The van der Waals surface area contributed by atoms with Gasteiger partial charge in [-0.05, 0) is 56.8 Å². The van der Waals surface area contributed by atoms with Crippen LogP contribution in [0.25, 0.3) is 0 Å². The molecule has 2 unspecified atom stereocenters. The predicted octanol–water partition coefficient (Wildman–Crippen LogP) is 3.19. The number of rotatable bonds is 6. The minimum atomic E-state index is 0.736. The molecule has 0 saturated carbocycles. The second-order valence-corrected chi connectivity index (χ2v) is 6.67. The maximum Gasteiger partial charge on any atom is 0.119 e. The van der Waals surface area contributed by atoms with E-state index in [4.69, 9.17) is 4.74 Å². The zero-order valence-corrected chi connectivity index (χ0v) is 13.3. The molecule has 0 aliphatic carbocycles. The molecule has 0 amide bonds. The van der Waals surface area contributed by atoms with Crippen LogP contribution in [0, 0.1) is 0 Å². The van der Waals surface area contributed by atoms with Crippen molar-refractivity contribution in [1.29, 1.82) is 0 Å². The van der Waals surface area contributed by atoms with Crippen LogP contribution in [-0.4, -0.2) is 36.7 Å². The molecule has 2 aliphatic heterocycles. The van der Waals surface area contributed by atoms with Crippen LogP contribution in [0.3, 0.4) is 0 Å². The summed E-state index contributed by atoms with van der Waals surface area (Å²) in [7, 11) is 2.27. The molecule has 2 heterocycles. The van der Waals surface area contributed by atoms with Gasteiger partial charge in [0.1, 0.15) is 5.75 Å². The number of hydrogen-bond acceptors (Lipinski definition) is 3. The molecule has 2 fully saturated rings. The summed E-state index contributed by atoms with van der Waals surface area (Å²) in [6.07, 6.45) is 6.43. The first kappa shape index (κ1) is 14.9. The van der Waals surface area contributed by atoms with Crippen LogP contribution in [0.5, 0.6) is 5.75 Å². The topological polar surface area (TPSA) is 24.5 Å². The standard InChI is InChI=1S/C18H28N2O/c1-3-10-21-18-8-4-14(5-9-18)13-20(2)17-11-15-6-7-16(12-17)19-15/h4-5,8-9,15-17,19H,3,6-7,10-13H2,1-2H3. The third kappa shape index (κ3) is 3.78. The second kappa shape index (κ2) is 6.80. The Balaban J connectivity index is 1.53. The Bertz CT molecular complexity index is 433. The van der Waals surface area contributed by atoms with Crippen LogP contribution in [-0.2, 0) is 6.54 Å². The van der Waals surface area contributed by atoms with Crippen LogP contribution in [0.1, 0.15) is 44.6 Å². The maximum absolute atomic E-state index is 5.65. The summed E-state index contributed by atoms with van der Waals surface area (Å²) in [6.45, 7) is 3.98. The molecule has 1 aromatic rings. The molecule has 2 saturated heterocycles. The lowest BCUT2D eigenvalue weighted by Gasteiger charge is -2.35. The highest BCUT2D eigenvalue weighted by Gasteiger charge is 2.34. The molecular formula is C18H28N2O. The van der Waals surface area contributed by atoms with Gasteiger partial charge in [0.15, 0.2) is 0 Å². The van der Waals surface area contributed by atoms with E-state index in [2.05, 4.69) is 48.5 Å². The number of nitrogens with one attached hydrogen (secondary N) is 1. The van der Waals surface area contributed by atoms with Gasteiger partial charge in [-0.15, -0.1) is 0 Å². The van der Waals surface area contributed by atoms with Crippen LogP contribution in [0.15, 0.2) is 24.3 Å². The summed E-state index contributed by atoms with van der Waals surface area (Å²) in [5.41, 5.74) is 1.38. The molecule has 3 nitrogen and oxygen atoms in total. The summed E-state index contributed by atoms with van der Waals surface area (Å²) < 4.78 is 5.65. The first-order valence-electron chi connectivity index (χ1n) is 8.42. The SMILES string of the molecule is CCCOc1ccc(CN(C)C2CC3CCC(C2)N3)cc1. The molecule has 116 valence electrons. The van der Waals surface area contributed by atoms with E-state index in [-0.39, 0.29) is 0 Å². The van der Waals surface area contributed by atoms with Gasteiger partial charge in [-0.1, -0.05) is 19.1 Å². The Morgan fingerprint density at radius 1 is 1.14 bits per heavy atom. The molecule has 2 bridgehead atoms. The lowest BCUT2D eigenvalue weighted by atomic mass is 9.98. The number of ether oxygens (including phenoxy) is 1. The number of piperidine rings is 1. The summed E-state index contributed by atoms with van der Waals surface area (Å²) in [5, 5.41) is 3.72. The molecule has 1 aromatic carbocycles. The van der Waals surface area contributed by atoms with Gasteiger partial charge in [0.25, 0.3) is 0 Å². The molecule has 0 radical (unpaired) electrons. The molecule has 0 spiro atoms. The van der Waals surface area contributed by atoms with E-state index < -0.39 is 0 Å². The van der Waals surface area contributed by atoms with E-state index >= 15 is 0 Å². The lowest BCUT2D eigenvalue weighted by Crippen LogP contribution is -2.46. The Hall–Kier alpha value is -1.06. The van der Waals surface area contributed by atoms with Gasteiger partial charge in [0.05, 0.1) is 6.61 Å². The average Bonchev–Trinajstić information content (AvgIpc) is 2.85. The monoisotopic (exact) mass is 288 g/mol. The highest BCUT2D eigenvalue weighted by molar-refractivity contribution is 5.27. The normalized spacial score (nSPS) is 28.0.